The molecule has 0 aliphatic rings. The molecule has 0 bridgehead atoms. The van der Waals surface area contributed by atoms with Crippen LogP contribution >= 0.6 is 0 Å². The number of hydrogen-bond acceptors (Lipinski definition) is 7. The first-order chi connectivity index (χ1) is 10.5. The summed E-state index contributed by atoms with van der Waals surface area (Å²) in [7, 11) is -6.09. The number of diazo groups is 1. The van der Waals surface area contributed by atoms with Gasteiger partial charge < -0.3 is 9.66 Å². The van der Waals surface area contributed by atoms with Crippen LogP contribution in [0.5, 0.6) is 5.75 Å². The summed E-state index contributed by atoms with van der Waals surface area (Å²) in [6.07, 6.45) is 1.07. The van der Waals surface area contributed by atoms with Gasteiger partial charge in [-0.15, -0.1) is 0 Å². The Kier molecular flexibility index (Phi) is 6.69. The molecule has 0 radical (unpaired) electrons. The fourth-order valence-electron chi connectivity index (χ4n) is 1.02. The maximum atomic E-state index is 10.7. The minimum Gasteiger partial charge on any atom is -0.741 e. The zero-order valence-corrected chi connectivity index (χ0v) is 11.6. The van der Waals surface area contributed by atoms with E-state index in [1.54, 1.807) is 6.07 Å². The number of nitriles is 2. The molecule has 1 aromatic carbocycles. The number of rotatable bonds is 1. The zero-order chi connectivity index (χ0) is 18.3. The average Bonchev–Trinajstić information content (AvgIpc) is 2.43. The lowest BCUT2D eigenvalue weighted by Crippen LogP contribution is -2.21. The number of halogens is 3. The SMILES string of the molecule is N#CC=C(C#N)c1ccc([N+]#N)c(O)c1.O=S(=O)([O-])C(F)(F)F. The smallest absolute Gasteiger partial charge is 0.485 e. The van der Waals surface area contributed by atoms with Crippen molar-refractivity contribution in [3.05, 3.63) is 34.8 Å². The molecule has 0 unspecified atom stereocenters. The standard InChI is InChI=1S/C10H4N4O.CHF3O3S/c11-4-3-8(6-12)7-1-2-9(14-13)10(15)5-7;2-1(3,4)8(5,6)7/h1-3,5H;(H,5,6,7). The van der Waals surface area contributed by atoms with Gasteiger partial charge in [0.05, 0.1) is 11.6 Å². The largest absolute Gasteiger partial charge is 0.741 e. The Morgan fingerprint density at radius 1 is 1.35 bits per heavy atom. The molecule has 1 rings (SSSR count). The summed E-state index contributed by atoms with van der Waals surface area (Å²) in [5.41, 5.74) is -5.11. The lowest BCUT2D eigenvalue weighted by atomic mass is 10.1. The molecule has 0 atom stereocenters. The summed E-state index contributed by atoms with van der Waals surface area (Å²) in [5.74, 6) is -0.255. The van der Waals surface area contributed by atoms with Crippen molar-refractivity contribution in [1.82, 2.24) is 0 Å². The van der Waals surface area contributed by atoms with Gasteiger partial charge in [0.1, 0.15) is 6.07 Å². The normalized spacial score (nSPS) is 11.3. The molecular formula is C11H5F3N4O4S. The van der Waals surface area contributed by atoms with Gasteiger partial charge in [-0.2, -0.15) is 23.7 Å². The van der Waals surface area contributed by atoms with E-state index >= 15 is 0 Å². The average molecular weight is 346 g/mol. The van der Waals surface area contributed by atoms with Crippen LogP contribution in [0.3, 0.4) is 0 Å². The van der Waals surface area contributed by atoms with Crippen LogP contribution in [0.2, 0.25) is 0 Å². The van der Waals surface area contributed by atoms with Gasteiger partial charge in [0.25, 0.3) is 0 Å². The number of alkyl halides is 3. The fraction of sp³-hybridized carbons (Fsp3) is 0.0909. The molecule has 0 heterocycles. The van der Waals surface area contributed by atoms with Crippen LogP contribution in [0.4, 0.5) is 18.9 Å². The highest BCUT2D eigenvalue weighted by atomic mass is 32.2. The Balaban J connectivity index is 0.000000515. The number of aromatic hydroxyl groups is 1. The van der Waals surface area contributed by atoms with E-state index in [-0.39, 0.29) is 17.0 Å². The Hall–Kier alpha value is -3.14. The summed E-state index contributed by atoms with van der Waals surface area (Å²) in [6.45, 7) is 0. The van der Waals surface area contributed by atoms with Crippen LogP contribution in [-0.2, 0) is 10.1 Å². The van der Waals surface area contributed by atoms with Gasteiger partial charge in [-0.3, -0.25) is 0 Å². The summed E-state index contributed by atoms with van der Waals surface area (Å²) in [4.78, 5) is 2.82. The van der Waals surface area contributed by atoms with E-state index in [1.807, 2.05) is 6.07 Å². The van der Waals surface area contributed by atoms with Gasteiger partial charge in [-0.1, -0.05) is 0 Å². The van der Waals surface area contributed by atoms with Crippen molar-refractivity contribution in [2.45, 2.75) is 5.51 Å². The molecule has 8 nitrogen and oxygen atoms in total. The molecule has 120 valence electrons. The first-order valence-corrected chi connectivity index (χ1v) is 6.59. The van der Waals surface area contributed by atoms with E-state index in [0.29, 0.717) is 5.56 Å². The number of phenols is 1. The van der Waals surface area contributed by atoms with E-state index < -0.39 is 15.6 Å². The van der Waals surface area contributed by atoms with Gasteiger partial charge in [0.2, 0.25) is 11.1 Å². The minimum atomic E-state index is -6.09. The molecule has 0 fully saturated rings. The molecule has 23 heavy (non-hydrogen) atoms. The molecule has 1 aromatic rings. The fourth-order valence-corrected chi connectivity index (χ4v) is 1.02. The van der Waals surface area contributed by atoms with Crippen molar-refractivity contribution in [3.8, 4) is 17.9 Å². The van der Waals surface area contributed by atoms with Gasteiger partial charge in [-0.25, -0.2) is 8.42 Å². The van der Waals surface area contributed by atoms with E-state index in [2.05, 4.69) is 4.98 Å². The Morgan fingerprint density at radius 2 is 1.87 bits per heavy atom. The predicted octanol–water partition coefficient (Wildman–Crippen LogP) is 2.36. The van der Waals surface area contributed by atoms with Crippen LogP contribution in [0, 0.1) is 28.1 Å². The van der Waals surface area contributed by atoms with Gasteiger partial charge in [0.15, 0.2) is 15.1 Å². The number of benzene rings is 1. The van der Waals surface area contributed by atoms with Crippen LogP contribution in [0.1, 0.15) is 5.56 Å². The highest BCUT2D eigenvalue weighted by Gasteiger charge is 2.36. The lowest BCUT2D eigenvalue weighted by Gasteiger charge is -2.08. The second-order valence-electron chi connectivity index (χ2n) is 3.50. The quantitative estimate of drug-likeness (QED) is 0.354. The van der Waals surface area contributed by atoms with Crippen LogP contribution in [0.25, 0.3) is 10.5 Å². The van der Waals surface area contributed by atoms with Crippen molar-refractivity contribution < 1.29 is 31.2 Å². The minimum absolute atomic E-state index is 0.00741. The van der Waals surface area contributed by atoms with Gasteiger partial charge in [-0.05, 0) is 17.7 Å². The summed E-state index contributed by atoms with van der Waals surface area (Å²) in [6, 6.07) is 7.61. The third-order valence-electron chi connectivity index (χ3n) is 2.01. The molecule has 1 N–H and O–H groups in total. The number of allylic oxidation sites excluding steroid dienone is 2. The third-order valence-corrected chi connectivity index (χ3v) is 2.57. The van der Waals surface area contributed by atoms with Crippen molar-refractivity contribution in [2.75, 3.05) is 0 Å². The van der Waals surface area contributed by atoms with Crippen molar-refractivity contribution in [2.24, 2.45) is 0 Å². The predicted molar refractivity (Wildman–Crippen MR) is 67.8 cm³/mol. The van der Waals surface area contributed by atoms with Crippen LogP contribution in [0.15, 0.2) is 24.3 Å². The summed E-state index contributed by atoms with van der Waals surface area (Å²) < 4.78 is 58.9. The first kappa shape index (κ1) is 19.9. The van der Waals surface area contributed by atoms with Crippen molar-refractivity contribution >= 4 is 21.4 Å². The van der Waals surface area contributed by atoms with Crippen molar-refractivity contribution in [3.63, 3.8) is 0 Å². The first-order valence-electron chi connectivity index (χ1n) is 5.18. The molecule has 0 aliphatic heterocycles. The molecule has 0 amide bonds. The lowest BCUT2D eigenvalue weighted by molar-refractivity contribution is -0.0517. The number of nitrogens with zero attached hydrogens (tertiary/aromatic N) is 4. The van der Waals surface area contributed by atoms with Gasteiger partial charge in [0, 0.05) is 12.1 Å². The molecule has 0 spiro atoms. The molecule has 12 heteroatoms. The van der Waals surface area contributed by atoms with E-state index in [4.69, 9.17) is 28.9 Å². The van der Waals surface area contributed by atoms with E-state index in [0.717, 1.165) is 6.08 Å². The van der Waals surface area contributed by atoms with Crippen LogP contribution < -0.4 is 0 Å². The highest BCUT2D eigenvalue weighted by molar-refractivity contribution is 7.86. The molecule has 0 aliphatic carbocycles. The second kappa shape index (κ2) is 7.75. The van der Waals surface area contributed by atoms with E-state index in [9.17, 15) is 18.3 Å². The topological polar surface area (TPSA) is 153 Å². The molecule has 0 saturated heterocycles. The molecule has 0 saturated carbocycles. The molecular weight excluding hydrogens is 341 g/mol. The maximum absolute atomic E-state index is 10.7. The molecule has 0 aromatic heterocycles. The number of hydrogen-bond donors (Lipinski definition) is 1. The summed E-state index contributed by atoms with van der Waals surface area (Å²) >= 11 is 0. The highest BCUT2D eigenvalue weighted by Crippen LogP contribution is 2.29. The maximum Gasteiger partial charge on any atom is 0.485 e. The van der Waals surface area contributed by atoms with E-state index in [1.165, 1.54) is 18.2 Å². The summed E-state index contributed by atoms with van der Waals surface area (Å²) in [5, 5.41) is 34.9. The van der Waals surface area contributed by atoms with Gasteiger partial charge >= 0.3 is 11.2 Å². The number of phenolic OH excluding ortho intramolecular Hbond substituents is 1. The Morgan fingerprint density at radius 3 is 2.17 bits per heavy atom. The third kappa shape index (κ3) is 6.01. The van der Waals surface area contributed by atoms with Crippen LogP contribution in [-0.4, -0.2) is 23.6 Å². The monoisotopic (exact) mass is 346 g/mol. The second-order valence-corrected chi connectivity index (χ2v) is 4.87. The Labute approximate surface area is 127 Å². The Bertz CT molecular complexity index is 842. The van der Waals surface area contributed by atoms with Crippen molar-refractivity contribution in [1.29, 1.82) is 15.9 Å². The zero-order valence-electron chi connectivity index (χ0n) is 10.8.